The number of nitrogens with zero attached hydrogens (tertiary/aromatic N) is 3. The van der Waals surface area contributed by atoms with Crippen LogP contribution in [0.15, 0.2) is 53.5 Å². The third kappa shape index (κ3) is 6.17. The lowest BCUT2D eigenvalue weighted by atomic mass is 10.1. The summed E-state index contributed by atoms with van der Waals surface area (Å²) in [4.78, 5) is 8.99. The summed E-state index contributed by atoms with van der Waals surface area (Å²) in [5.74, 6) is 1.36. The van der Waals surface area contributed by atoms with Gasteiger partial charge in [-0.15, -0.1) is 0 Å². The van der Waals surface area contributed by atoms with E-state index in [1.54, 1.807) is 19.2 Å². The van der Waals surface area contributed by atoms with Crippen molar-refractivity contribution >= 4 is 5.96 Å². The molecular formula is C22H29FN4O2. The number of aliphatic imine (C=N–C) groups is 1. The Morgan fingerprint density at radius 2 is 1.90 bits per heavy atom. The van der Waals surface area contributed by atoms with Crippen LogP contribution in [0.3, 0.4) is 0 Å². The van der Waals surface area contributed by atoms with Crippen LogP contribution in [0.5, 0.6) is 5.75 Å². The number of ether oxygens (including phenoxy) is 1. The summed E-state index contributed by atoms with van der Waals surface area (Å²) in [5.41, 5.74) is 1.22. The van der Waals surface area contributed by atoms with Gasteiger partial charge in [-0.05, 0) is 29.8 Å². The first-order valence-electron chi connectivity index (χ1n) is 9.93. The van der Waals surface area contributed by atoms with E-state index in [-0.39, 0.29) is 12.4 Å². The molecule has 1 aliphatic rings. The first kappa shape index (κ1) is 21.1. The molecule has 0 unspecified atom stereocenters. The van der Waals surface area contributed by atoms with Crippen molar-refractivity contribution in [1.29, 1.82) is 0 Å². The van der Waals surface area contributed by atoms with Gasteiger partial charge >= 0.3 is 0 Å². The van der Waals surface area contributed by atoms with Crippen molar-refractivity contribution in [3.05, 3.63) is 65.5 Å². The lowest BCUT2D eigenvalue weighted by Crippen LogP contribution is -2.52. The van der Waals surface area contributed by atoms with Gasteiger partial charge in [0.1, 0.15) is 18.2 Å². The van der Waals surface area contributed by atoms with Gasteiger partial charge in [-0.25, -0.2) is 4.39 Å². The second-order valence-electron chi connectivity index (χ2n) is 6.97. The fraction of sp³-hybridized carbons (Fsp3) is 0.409. The topological polar surface area (TPSA) is 60.3 Å². The number of aliphatic hydroxyl groups excluding tert-OH is 1. The van der Waals surface area contributed by atoms with Gasteiger partial charge in [0.05, 0.1) is 6.61 Å². The summed E-state index contributed by atoms with van der Waals surface area (Å²) in [6, 6.07) is 14.7. The van der Waals surface area contributed by atoms with Crippen LogP contribution in [0.2, 0.25) is 0 Å². The molecule has 2 N–H and O–H groups in total. The number of hydrogen-bond donors (Lipinski definition) is 2. The maximum Gasteiger partial charge on any atom is 0.194 e. The van der Waals surface area contributed by atoms with E-state index in [1.165, 1.54) is 6.07 Å². The second kappa shape index (κ2) is 10.8. The third-order valence-corrected chi connectivity index (χ3v) is 5.03. The molecule has 1 aliphatic heterocycles. The molecule has 2 aromatic rings. The molecule has 156 valence electrons. The summed E-state index contributed by atoms with van der Waals surface area (Å²) in [6.07, 6.45) is 0. The van der Waals surface area contributed by atoms with E-state index in [1.807, 2.05) is 30.3 Å². The minimum absolute atomic E-state index is 0.301. The molecule has 0 aromatic heterocycles. The quantitative estimate of drug-likeness (QED) is 0.551. The molecule has 0 aliphatic carbocycles. The van der Waals surface area contributed by atoms with Crippen molar-refractivity contribution in [3.8, 4) is 5.75 Å². The number of hydrogen-bond acceptors (Lipinski definition) is 4. The van der Waals surface area contributed by atoms with Crippen molar-refractivity contribution in [2.24, 2.45) is 4.99 Å². The van der Waals surface area contributed by atoms with Crippen LogP contribution in [-0.2, 0) is 13.2 Å². The number of halogens is 1. The maximum absolute atomic E-state index is 13.5. The van der Waals surface area contributed by atoms with E-state index in [2.05, 4.69) is 20.1 Å². The highest BCUT2D eigenvalue weighted by Crippen LogP contribution is 2.11. The average molecular weight is 400 g/mol. The Bertz CT molecular complexity index is 793. The second-order valence-corrected chi connectivity index (χ2v) is 6.97. The first-order chi connectivity index (χ1) is 14.2. The molecule has 0 spiro atoms. The summed E-state index contributed by atoms with van der Waals surface area (Å²) < 4.78 is 19.3. The van der Waals surface area contributed by atoms with Crippen molar-refractivity contribution in [1.82, 2.24) is 15.1 Å². The van der Waals surface area contributed by atoms with Crippen LogP contribution in [0, 0.1) is 5.82 Å². The van der Waals surface area contributed by atoms with Gasteiger partial charge in [-0.2, -0.15) is 0 Å². The number of aliphatic hydroxyl groups is 1. The van der Waals surface area contributed by atoms with Crippen LogP contribution < -0.4 is 10.1 Å². The normalized spacial score (nSPS) is 15.4. The van der Waals surface area contributed by atoms with Gasteiger partial charge in [0.15, 0.2) is 5.96 Å². The molecule has 2 aromatic carbocycles. The molecule has 0 bridgehead atoms. The Morgan fingerprint density at radius 3 is 2.59 bits per heavy atom. The van der Waals surface area contributed by atoms with Crippen molar-refractivity contribution in [2.45, 2.75) is 13.2 Å². The Hall–Kier alpha value is -2.64. The molecular weight excluding hydrogens is 371 g/mol. The zero-order chi connectivity index (χ0) is 20.5. The van der Waals surface area contributed by atoms with Gasteiger partial charge in [0.25, 0.3) is 0 Å². The zero-order valence-corrected chi connectivity index (χ0v) is 16.9. The van der Waals surface area contributed by atoms with Crippen molar-refractivity contribution < 1.29 is 14.2 Å². The number of guanidine groups is 1. The number of nitrogens with one attached hydrogen (secondary N) is 1. The molecule has 0 radical (unpaired) electrons. The maximum atomic E-state index is 13.5. The number of piperazine rings is 1. The smallest absolute Gasteiger partial charge is 0.194 e. The van der Waals surface area contributed by atoms with E-state index < -0.39 is 0 Å². The summed E-state index contributed by atoms with van der Waals surface area (Å²) in [5, 5.41) is 12.5. The zero-order valence-electron chi connectivity index (χ0n) is 16.9. The number of rotatable bonds is 7. The van der Waals surface area contributed by atoms with Gasteiger partial charge in [-0.1, -0.05) is 24.3 Å². The molecule has 0 amide bonds. The van der Waals surface area contributed by atoms with Crippen LogP contribution >= 0.6 is 0 Å². The number of benzene rings is 2. The Morgan fingerprint density at radius 1 is 1.14 bits per heavy atom. The minimum Gasteiger partial charge on any atom is -0.492 e. The van der Waals surface area contributed by atoms with Gasteiger partial charge in [-0.3, -0.25) is 9.89 Å². The van der Waals surface area contributed by atoms with Crippen molar-refractivity contribution in [3.63, 3.8) is 0 Å². The highest BCUT2D eigenvalue weighted by Gasteiger charge is 2.19. The van der Waals surface area contributed by atoms with Crippen LogP contribution in [0.25, 0.3) is 0 Å². The highest BCUT2D eigenvalue weighted by molar-refractivity contribution is 5.80. The van der Waals surface area contributed by atoms with Gasteiger partial charge < -0.3 is 20.1 Å². The largest absolute Gasteiger partial charge is 0.492 e. The van der Waals surface area contributed by atoms with Crippen LogP contribution in [-0.4, -0.2) is 67.2 Å². The fourth-order valence-electron chi connectivity index (χ4n) is 3.37. The SMILES string of the molecule is CN=C(NCc1ccc(F)c(CO)c1)N1CCN(CCOc2ccccc2)CC1. The van der Waals surface area contributed by atoms with E-state index in [0.717, 1.165) is 50.0 Å². The van der Waals surface area contributed by atoms with Gasteiger partial charge in [0, 0.05) is 51.9 Å². The lowest BCUT2D eigenvalue weighted by molar-refractivity contribution is 0.152. The molecule has 6 nitrogen and oxygen atoms in total. The van der Waals surface area contributed by atoms with Gasteiger partial charge in [0.2, 0.25) is 0 Å². The average Bonchev–Trinajstić information content (AvgIpc) is 2.77. The predicted octanol–water partition coefficient (Wildman–Crippen LogP) is 2.09. The monoisotopic (exact) mass is 400 g/mol. The standard InChI is InChI=1S/C22H29FN4O2/c1-24-22(25-16-18-7-8-21(23)19(15-18)17-28)27-11-9-26(10-12-27)13-14-29-20-5-3-2-4-6-20/h2-8,15,28H,9-14,16-17H2,1H3,(H,24,25). The summed E-state index contributed by atoms with van der Waals surface area (Å²) in [7, 11) is 1.77. The minimum atomic E-state index is -0.381. The molecule has 7 heteroatoms. The highest BCUT2D eigenvalue weighted by atomic mass is 19.1. The Labute approximate surface area is 171 Å². The molecule has 0 atom stereocenters. The summed E-state index contributed by atoms with van der Waals surface area (Å²) in [6.45, 7) is 5.47. The van der Waals surface area contributed by atoms with Crippen LogP contribution in [0.1, 0.15) is 11.1 Å². The van der Waals surface area contributed by atoms with Crippen molar-refractivity contribution in [2.75, 3.05) is 46.4 Å². The molecule has 3 rings (SSSR count). The molecule has 29 heavy (non-hydrogen) atoms. The molecule has 1 heterocycles. The lowest BCUT2D eigenvalue weighted by Gasteiger charge is -2.36. The van der Waals surface area contributed by atoms with E-state index >= 15 is 0 Å². The summed E-state index contributed by atoms with van der Waals surface area (Å²) >= 11 is 0. The predicted molar refractivity (Wildman–Crippen MR) is 112 cm³/mol. The Kier molecular flexibility index (Phi) is 7.84. The molecule has 0 saturated carbocycles. The Balaban J connectivity index is 1.41. The third-order valence-electron chi connectivity index (χ3n) is 5.03. The van der Waals surface area contributed by atoms with Crippen LogP contribution in [0.4, 0.5) is 4.39 Å². The molecule has 1 saturated heterocycles. The van der Waals surface area contributed by atoms with E-state index in [9.17, 15) is 9.50 Å². The molecule has 1 fully saturated rings. The van der Waals surface area contributed by atoms with E-state index in [0.29, 0.717) is 18.7 Å². The van der Waals surface area contributed by atoms with E-state index in [4.69, 9.17) is 4.74 Å². The fourth-order valence-corrected chi connectivity index (χ4v) is 3.37. The first-order valence-corrected chi connectivity index (χ1v) is 9.93. The number of para-hydroxylation sites is 1.